The van der Waals surface area contributed by atoms with Gasteiger partial charge < -0.3 is 10.2 Å². The second kappa shape index (κ2) is 3.65. The van der Waals surface area contributed by atoms with E-state index in [9.17, 15) is 4.39 Å². The van der Waals surface area contributed by atoms with Crippen molar-refractivity contribution in [1.82, 2.24) is 0 Å². The molecule has 3 heteroatoms. The lowest BCUT2D eigenvalue weighted by atomic mass is 10.0. The van der Waals surface area contributed by atoms with Gasteiger partial charge in [-0.2, -0.15) is 0 Å². The summed E-state index contributed by atoms with van der Waals surface area (Å²) in [5, 5.41) is 17.6. The number of halogens is 1. The average molecular weight is 170 g/mol. The number of aliphatic hydroxyl groups is 2. The van der Waals surface area contributed by atoms with Gasteiger partial charge in [0.2, 0.25) is 0 Å². The lowest BCUT2D eigenvalue weighted by molar-refractivity contribution is 0.254. The Hall–Kier alpha value is -0.930. The van der Waals surface area contributed by atoms with Crippen molar-refractivity contribution in [1.29, 1.82) is 0 Å². The van der Waals surface area contributed by atoms with E-state index in [1.807, 2.05) is 0 Å². The van der Waals surface area contributed by atoms with Crippen LogP contribution in [-0.4, -0.2) is 10.2 Å². The zero-order valence-corrected chi connectivity index (χ0v) is 6.84. The normalized spacial score (nSPS) is 10.3. The molecule has 0 aliphatic rings. The monoisotopic (exact) mass is 170 g/mol. The highest BCUT2D eigenvalue weighted by molar-refractivity contribution is 5.32. The smallest absolute Gasteiger partial charge is 0.131 e. The number of hydrogen-bond donors (Lipinski definition) is 2. The number of hydrogen-bond acceptors (Lipinski definition) is 2. The van der Waals surface area contributed by atoms with Crippen LogP contribution in [0.1, 0.15) is 16.7 Å². The third-order valence-corrected chi connectivity index (χ3v) is 1.86. The fourth-order valence-electron chi connectivity index (χ4n) is 1.10. The summed E-state index contributed by atoms with van der Waals surface area (Å²) in [6.45, 7) is 1.01. The zero-order valence-electron chi connectivity index (χ0n) is 6.84. The molecule has 1 rings (SSSR count). The number of aryl methyl sites for hydroxylation is 1. The maximum Gasteiger partial charge on any atom is 0.131 e. The molecule has 0 aliphatic carbocycles. The fourth-order valence-corrected chi connectivity index (χ4v) is 1.10. The van der Waals surface area contributed by atoms with Crippen LogP contribution in [0.5, 0.6) is 0 Å². The van der Waals surface area contributed by atoms with E-state index < -0.39 is 5.82 Å². The Morgan fingerprint density at radius 2 is 1.92 bits per heavy atom. The maximum atomic E-state index is 13.2. The Morgan fingerprint density at radius 1 is 1.25 bits per heavy atom. The van der Waals surface area contributed by atoms with Gasteiger partial charge in [0.05, 0.1) is 13.2 Å². The van der Waals surface area contributed by atoms with E-state index in [2.05, 4.69) is 0 Å². The molecule has 0 aliphatic heterocycles. The second-order valence-electron chi connectivity index (χ2n) is 2.65. The Labute approximate surface area is 70.3 Å². The molecule has 0 bridgehead atoms. The van der Waals surface area contributed by atoms with Crippen molar-refractivity contribution >= 4 is 0 Å². The quantitative estimate of drug-likeness (QED) is 0.698. The predicted octanol–water partition coefficient (Wildman–Crippen LogP) is 1.12. The summed E-state index contributed by atoms with van der Waals surface area (Å²) in [4.78, 5) is 0. The maximum absolute atomic E-state index is 13.2. The molecule has 0 heterocycles. The zero-order chi connectivity index (χ0) is 9.14. The van der Waals surface area contributed by atoms with E-state index in [1.54, 1.807) is 19.1 Å². The van der Waals surface area contributed by atoms with Gasteiger partial charge in [0, 0.05) is 5.56 Å². The summed E-state index contributed by atoms with van der Waals surface area (Å²) in [5.74, 6) is -0.427. The van der Waals surface area contributed by atoms with Crippen LogP contribution in [0.15, 0.2) is 12.1 Å². The van der Waals surface area contributed by atoms with E-state index in [0.29, 0.717) is 11.1 Å². The van der Waals surface area contributed by atoms with Crippen molar-refractivity contribution in [3.05, 3.63) is 34.6 Å². The van der Waals surface area contributed by atoms with Gasteiger partial charge in [-0.3, -0.25) is 0 Å². The van der Waals surface area contributed by atoms with Gasteiger partial charge in [0.25, 0.3) is 0 Å². The minimum Gasteiger partial charge on any atom is -0.392 e. The SMILES string of the molecule is Cc1ccc(CO)c(CO)c1F. The molecule has 0 radical (unpaired) electrons. The molecule has 0 saturated heterocycles. The highest BCUT2D eigenvalue weighted by Crippen LogP contribution is 2.17. The van der Waals surface area contributed by atoms with Gasteiger partial charge in [0.15, 0.2) is 0 Å². The largest absolute Gasteiger partial charge is 0.392 e. The van der Waals surface area contributed by atoms with Crippen LogP contribution in [0.2, 0.25) is 0 Å². The van der Waals surface area contributed by atoms with Crippen molar-refractivity contribution in [3.63, 3.8) is 0 Å². The van der Waals surface area contributed by atoms with Crippen LogP contribution >= 0.6 is 0 Å². The predicted molar refractivity (Wildman–Crippen MR) is 43.0 cm³/mol. The van der Waals surface area contributed by atoms with Gasteiger partial charge in [-0.15, -0.1) is 0 Å². The third kappa shape index (κ3) is 1.47. The van der Waals surface area contributed by atoms with Crippen molar-refractivity contribution in [3.8, 4) is 0 Å². The summed E-state index contributed by atoms with van der Waals surface area (Å²) in [7, 11) is 0. The lowest BCUT2D eigenvalue weighted by Gasteiger charge is -2.07. The molecule has 2 N–H and O–H groups in total. The third-order valence-electron chi connectivity index (χ3n) is 1.86. The van der Waals surface area contributed by atoms with Gasteiger partial charge in [-0.25, -0.2) is 4.39 Å². The van der Waals surface area contributed by atoms with Gasteiger partial charge in [-0.1, -0.05) is 12.1 Å². The molecule has 2 nitrogen and oxygen atoms in total. The Morgan fingerprint density at radius 3 is 2.42 bits per heavy atom. The van der Waals surface area contributed by atoms with E-state index >= 15 is 0 Å². The van der Waals surface area contributed by atoms with Gasteiger partial charge >= 0.3 is 0 Å². The summed E-state index contributed by atoms with van der Waals surface area (Å²) in [5.41, 5.74) is 1.12. The van der Waals surface area contributed by atoms with E-state index in [4.69, 9.17) is 10.2 Å². The van der Waals surface area contributed by atoms with Crippen LogP contribution in [0.3, 0.4) is 0 Å². The number of rotatable bonds is 2. The Balaban J connectivity index is 3.25. The Bertz CT molecular complexity index is 284. The molecule has 0 amide bonds. The molecule has 0 atom stereocenters. The van der Waals surface area contributed by atoms with Crippen molar-refractivity contribution in [2.24, 2.45) is 0 Å². The van der Waals surface area contributed by atoms with Gasteiger partial charge in [0.1, 0.15) is 5.82 Å². The molecule has 0 unspecified atom stereocenters. The molecular formula is C9H11FO2. The standard InChI is InChI=1S/C9H11FO2/c1-6-2-3-7(4-11)8(5-12)9(6)10/h2-3,11-12H,4-5H2,1H3. The first-order valence-corrected chi connectivity index (χ1v) is 3.69. The van der Waals surface area contributed by atoms with Crippen LogP contribution in [-0.2, 0) is 13.2 Å². The molecule has 12 heavy (non-hydrogen) atoms. The summed E-state index contributed by atoms with van der Waals surface area (Å²) in [6, 6.07) is 3.20. The first-order chi connectivity index (χ1) is 5.70. The molecule has 1 aromatic carbocycles. The van der Waals surface area contributed by atoms with Crippen molar-refractivity contribution in [2.45, 2.75) is 20.1 Å². The minimum atomic E-state index is -0.427. The van der Waals surface area contributed by atoms with Crippen LogP contribution in [0.25, 0.3) is 0 Å². The highest BCUT2D eigenvalue weighted by Gasteiger charge is 2.08. The van der Waals surface area contributed by atoms with Crippen LogP contribution in [0, 0.1) is 12.7 Å². The molecule has 66 valence electrons. The van der Waals surface area contributed by atoms with E-state index in [0.717, 1.165) is 0 Å². The van der Waals surface area contributed by atoms with E-state index in [1.165, 1.54) is 0 Å². The van der Waals surface area contributed by atoms with Crippen molar-refractivity contribution in [2.75, 3.05) is 0 Å². The molecular weight excluding hydrogens is 159 g/mol. The topological polar surface area (TPSA) is 40.5 Å². The summed E-state index contributed by atoms with van der Waals surface area (Å²) in [6.07, 6.45) is 0. The van der Waals surface area contributed by atoms with Gasteiger partial charge in [-0.05, 0) is 18.1 Å². The van der Waals surface area contributed by atoms with E-state index in [-0.39, 0.29) is 18.8 Å². The first-order valence-electron chi connectivity index (χ1n) is 3.69. The highest BCUT2D eigenvalue weighted by atomic mass is 19.1. The fraction of sp³-hybridized carbons (Fsp3) is 0.333. The summed E-state index contributed by atoms with van der Waals surface area (Å²) >= 11 is 0. The molecule has 0 fully saturated rings. The molecule has 1 aromatic rings. The first kappa shape index (κ1) is 9.16. The second-order valence-corrected chi connectivity index (χ2v) is 2.65. The van der Waals surface area contributed by atoms with Crippen LogP contribution in [0.4, 0.5) is 4.39 Å². The molecule has 0 spiro atoms. The van der Waals surface area contributed by atoms with Crippen molar-refractivity contribution < 1.29 is 14.6 Å². The van der Waals surface area contributed by atoms with Crippen LogP contribution < -0.4 is 0 Å². The number of benzene rings is 1. The number of aliphatic hydroxyl groups excluding tert-OH is 2. The molecule has 0 saturated carbocycles. The Kier molecular flexibility index (Phi) is 2.78. The molecule has 0 aromatic heterocycles. The minimum absolute atomic E-state index is 0.192. The lowest BCUT2D eigenvalue weighted by Crippen LogP contribution is -1.99. The summed E-state index contributed by atoms with van der Waals surface area (Å²) < 4.78 is 13.2. The average Bonchev–Trinajstić information content (AvgIpc) is 2.09.